The molecule has 28 heavy (non-hydrogen) atoms. The highest BCUT2D eigenvalue weighted by Crippen LogP contribution is 2.25. The predicted molar refractivity (Wildman–Crippen MR) is 103 cm³/mol. The molecule has 0 aliphatic heterocycles. The van der Waals surface area contributed by atoms with Crippen molar-refractivity contribution in [3.05, 3.63) is 23.8 Å². The lowest BCUT2D eigenvalue weighted by atomic mass is 10.2. The van der Waals surface area contributed by atoms with E-state index in [0.29, 0.717) is 36.3 Å². The number of carbonyl (C=O) groups is 1. The Morgan fingerprint density at radius 2 is 2.04 bits per heavy atom. The molecule has 0 unspecified atom stereocenters. The smallest absolute Gasteiger partial charge is 0.387 e. The molecule has 1 amide bonds. The summed E-state index contributed by atoms with van der Waals surface area (Å²) in [7, 11) is 3.09. The van der Waals surface area contributed by atoms with Gasteiger partial charge in [-0.2, -0.15) is 8.78 Å². The normalized spacial score (nSPS) is 14.8. The van der Waals surface area contributed by atoms with E-state index in [0.717, 1.165) is 12.8 Å². The van der Waals surface area contributed by atoms with Crippen LogP contribution in [0, 0.1) is 0 Å². The van der Waals surface area contributed by atoms with Crippen molar-refractivity contribution < 1.29 is 23.0 Å². The van der Waals surface area contributed by atoms with E-state index in [4.69, 9.17) is 4.74 Å². The van der Waals surface area contributed by atoms with Gasteiger partial charge in [-0.25, -0.2) is 0 Å². The van der Waals surface area contributed by atoms with E-state index < -0.39 is 6.61 Å². The Morgan fingerprint density at radius 3 is 2.68 bits per heavy atom. The summed E-state index contributed by atoms with van der Waals surface area (Å²) >= 11 is 0. The van der Waals surface area contributed by atoms with Gasteiger partial charge < -0.3 is 25.4 Å². The number of hydrogen-bond acceptors (Lipinski definition) is 4. The van der Waals surface area contributed by atoms with Crippen molar-refractivity contribution in [3.63, 3.8) is 0 Å². The zero-order valence-corrected chi connectivity index (χ0v) is 16.3. The molecular weight excluding hydrogens is 370 g/mol. The fourth-order valence-electron chi connectivity index (χ4n) is 3.10. The SMILES string of the molecule is CN=C(NCCC(=O)NC1CCCC1)NCc1cc(OC)ccc1OC(F)F. The fraction of sp³-hybridized carbons (Fsp3) is 0.579. The largest absolute Gasteiger partial charge is 0.497 e. The number of halogens is 2. The van der Waals surface area contributed by atoms with E-state index in [1.807, 2.05) is 0 Å². The maximum atomic E-state index is 12.6. The topological polar surface area (TPSA) is 84.0 Å². The number of carbonyl (C=O) groups excluding carboxylic acids is 1. The first kappa shape index (κ1) is 21.7. The van der Waals surface area contributed by atoms with Crippen LogP contribution in [0.2, 0.25) is 0 Å². The summed E-state index contributed by atoms with van der Waals surface area (Å²) in [6, 6.07) is 4.90. The molecule has 0 bridgehead atoms. The molecule has 7 nitrogen and oxygen atoms in total. The van der Waals surface area contributed by atoms with Gasteiger partial charge in [-0.05, 0) is 31.0 Å². The molecule has 1 saturated carbocycles. The molecule has 0 radical (unpaired) electrons. The second-order valence-electron chi connectivity index (χ2n) is 6.50. The Morgan fingerprint density at radius 1 is 1.29 bits per heavy atom. The number of methoxy groups -OCH3 is 1. The molecule has 3 N–H and O–H groups in total. The number of nitrogens with one attached hydrogen (secondary N) is 3. The van der Waals surface area contributed by atoms with E-state index >= 15 is 0 Å². The third-order valence-electron chi connectivity index (χ3n) is 4.52. The van der Waals surface area contributed by atoms with Crippen LogP contribution < -0.4 is 25.4 Å². The van der Waals surface area contributed by atoms with Crippen LogP contribution in [0.5, 0.6) is 11.5 Å². The molecule has 0 atom stereocenters. The van der Waals surface area contributed by atoms with Crippen molar-refractivity contribution in [1.29, 1.82) is 0 Å². The van der Waals surface area contributed by atoms with Crippen molar-refractivity contribution in [1.82, 2.24) is 16.0 Å². The molecule has 1 aliphatic rings. The zero-order valence-electron chi connectivity index (χ0n) is 16.3. The highest BCUT2D eigenvalue weighted by atomic mass is 19.3. The molecule has 9 heteroatoms. The van der Waals surface area contributed by atoms with Gasteiger partial charge >= 0.3 is 6.61 Å². The molecule has 0 spiro atoms. The van der Waals surface area contributed by atoms with Crippen molar-refractivity contribution >= 4 is 11.9 Å². The zero-order chi connectivity index (χ0) is 20.4. The lowest BCUT2D eigenvalue weighted by Gasteiger charge is -2.16. The van der Waals surface area contributed by atoms with Crippen LogP contribution in [0.15, 0.2) is 23.2 Å². The average molecular weight is 398 g/mol. The molecule has 1 aliphatic carbocycles. The van der Waals surface area contributed by atoms with Crippen LogP contribution in [0.4, 0.5) is 8.78 Å². The third-order valence-corrected chi connectivity index (χ3v) is 4.52. The van der Waals surface area contributed by atoms with Crippen LogP contribution in [-0.4, -0.2) is 45.2 Å². The molecule has 2 rings (SSSR count). The molecule has 1 fully saturated rings. The summed E-state index contributed by atoms with van der Waals surface area (Å²) in [5, 5.41) is 9.09. The van der Waals surface area contributed by atoms with Gasteiger partial charge in [-0.15, -0.1) is 0 Å². The standard InChI is InChI=1S/C19H28F2N4O3/c1-22-19(23-10-9-17(26)25-14-5-3-4-6-14)24-12-13-11-15(27-2)7-8-16(13)28-18(20)21/h7-8,11,14,18H,3-6,9-10,12H2,1-2H3,(H,25,26)(H2,22,23,24). The molecule has 1 aromatic carbocycles. The minimum Gasteiger partial charge on any atom is -0.497 e. The highest BCUT2D eigenvalue weighted by Gasteiger charge is 2.17. The van der Waals surface area contributed by atoms with Crippen LogP contribution >= 0.6 is 0 Å². The van der Waals surface area contributed by atoms with Crippen molar-refractivity contribution in [2.45, 2.75) is 51.3 Å². The predicted octanol–water partition coefficient (Wildman–Crippen LogP) is 2.41. The monoisotopic (exact) mass is 398 g/mol. The first-order valence-electron chi connectivity index (χ1n) is 9.37. The van der Waals surface area contributed by atoms with Gasteiger partial charge in [0.25, 0.3) is 0 Å². The van der Waals surface area contributed by atoms with E-state index in [9.17, 15) is 13.6 Å². The van der Waals surface area contributed by atoms with Gasteiger partial charge in [0, 0.05) is 38.2 Å². The minimum absolute atomic E-state index is 0.00951. The van der Waals surface area contributed by atoms with Crippen LogP contribution in [0.1, 0.15) is 37.7 Å². The Hall–Kier alpha value is -2.58. The van der Waals surface area contributed by atoms with Crippen molar-refractivity contribution in [2.75, 3.05) is 20.7 Å². The number of ether oxygens (including phenoxy) is 2. The summed E-state index contributed by atoms with van der Waals surface area (Å²) in [5.41, 5.74) is 0.501. The van der Waals surface area contributed by atoms with Crippen LogP contribution in [-0.2, 0) is 11.3 Å². The Balaban J connectivity index is 1.81. The van der Waals surface area contributed by atoms with E-state index in [2.05, 4.69) is 25.7 Å². The quantitative estimate of drug-likeness (QED) is 0.440. The molecule has 0 saturated heterocycles. The number of benzene rings is 1. The number of hydrogen-bond donors (Lipinski definition) is 3. The number of nitrogens with zero attached hydrogens (tertiary/aromatic N) is 1. The van der Waals surface area contributed by atoms with Gasteiger partial charge in [-0.1, -0.05) is 12.8 Å². The summed E-state index contributed by atoms with van der Waals surface area (Å²) in [5.74, 6) is 1.06. The van der Waals surface area contributed by atoms with E-state index in [-0.39, 0.29) is 18.2 Å². The maximum absolute atomic E-state index is 12.6. The van der Waals surface area contributed by atoms with Gasteiger partial charge in [0.15, 0.2) is 5.96 Å². The first-order valence-corrected chi connectivity index (χ1v) is 9.37. The lowest BCUT2D eigenvalue weighted by Crippen LogP contribution is -2.40. The molecule has 0 aromatic heterocycles. The van der Waals surface area contributed by atoms with E-state index in [1.54, 1.807) is 19.2 Å². The third kappa shape index (κ3) is 7.21. The Kier molecular flexibility index (Phi) is 8.77. The second-order valence-corrected chi connectivity index (χ2v) is 6.50. The molecule has 156 valence electrons. The van der Waals surface area contributed by atoms with Gasteiger partial charge in [0.1, 0.15) is 11.5 Å². The average Bonchev–Trinajstić information content (AvgIpc) is 3.17. The van der Waals surface area contributed by atoms with Gasteiger partial charge in [0.2, 0.25) is 5.91 Å². The van der Waals surface area contributed by atoms with Crippen molar-refractivity contribution in [3.8, 4) is 11.5 Å². The summed E-state index contributed by atoms with van der Waals surface area (Å²) < 4.78 is 34.9. The Bertz CT molecular complexity index is 665. The molecule has 1 aromatic rings. The summed E-state index contributed by atoms with van der Waals surface area (Å²) in [6.07, 6.45) is 4.76. The number of aliphatic imine (C=N–C) groups is 1. The highest BCUT2D eigenvalue weighted by molar-refractivity contribution is 5.81. The first-order chi connectivity index (χ1) is 13.5. The van der Waals surface area contributed by atoms with Gasteiger partial charge in [-0.3, -0.25) is 9.79 Å². The van der Waals surface area contributed by atoms with Gasteiger partial charge in [0.05, 0.1) is 7.11 Å². The van der Waals surface area contributed by atoms with E-state index in [1.165, 1.54) is 26.0 Å². The number of guanidine groups is 1. The van der Waals surface area contributed by atoms with Crippen molar-refractivity contribution in [2.24, 2.45) is 4.99 Å². The Labute approximate surface area is 163 Å². The lowest BCUT2D eigenvalue weighted by molar-refractivity contribution is -0.121. The summed E-state index contributed by atoms with van der Waals surface area (Å²) in [6.45, 7) is -2.30. The van der Waals surface area contributed by atoms with Crippen LogP contribution in [0.25, 0.3) is 0 Å². The molecular formula is C19H28F2N4O3. The fourth-order valence-corrected chi connectivity index (χ4v) is 3.10. The number of amides is 1. The maximum Gasteiger partial charge on any atom is 0.387 e. The molecule has 0 heterocycles. The number of alkyl halides is 2. The minimum atomic E-state index is -2.91. The second kappa shape index (κ2) is 11.3. The number of rotatable bonds is 9. The summed E-state index contributed by atoms with van der Waals surface area (Å²) in [4.78, 5) is 16.0. The van der Waals surface area contributed by atoms with Crippen LogP contribution in [0.3, 0.4) is 0 Å².